The van der Waals surface area contributed by atoms with Crippen LogP contribution < -0.4 is 15.8 Å². The van der Waals surface area contributed by atoms with Crippen LogP contribution in [0.15, 0.2) is 42.5 Å². The van der Waals surface area contributed by atoms with Crippen molar-refractivity contribution in [3.8, 4) is 5.75 Å². The number of ether oxygens (including phenoxy) is 1. The average Bonchev–Trinajstić information content (AvgIpc) is 2.51. The van der Waals surface area contributed by atoms with E-state index in [-0.39, 0.29) is 10.8 Å². The average molecular weight is 337 g/mol. The normalized spacial score (nSPS) is 11.6. The van der Waals surface area contributed by atoms with Crippen LogP contribution in [-0.4, -0.2) is 17.9 Å². The van der Waals surface area contributed by atoms with Crippen molar-refractivity contribution in [2.24, 2.45) is 5.73 Å². The van der Waals surface area contributed by atoms with Crippen LogP contribution >= 0.6 is 11.6 Å². The van der Waals surface area contributed by atoms with E-state index in [2.05, 4.69) is 5.32 Å². The van der Waals surface area contributed by atoms with Crippen molar-refractivity contribution < 1.29 is 18.7 Å². The Morgan fingerprint density at radius 1 is 1.22 bits per heavy atom. The molecule has 0 aliphatic carbocycles. The number of carbonyl (C=O) groups excluding carboxylic acids is 2. The van der Waals surface area contributed by atoms with E-state index in [0.29, 0.717) is 11.3 Å². The molecular weight excluding hydrogens is 323 g/mol. The summed E-state index contributed by atoms with van der Waals surface area (Å²) in [6.45, 7) is 1.55. The number of anilines is 1. The number of carbonyl (C=O) groups is 2. The number of nitrogens with one attached hydrogen (secondary N) is 1. The third kappa shape index (κ3) is 4.43. The molecule has 0 saturated carbocycles. The summed E-state index contributed by atoms with van der Waals surface area (Å²) in [5, 5.41) is 2.54. The summed E-state index contributed by atoms with van der Waals surface area (Å²) in [5.41, 5.74) is 5.97. The predicted octanol–water partition coefficient (Wildman–Crippen LogP) is 2.98. The van der Waals surface area contributed by atoms with E-state index in [4.69, 9.17) is 22.1 Å². The van der Waals surface area contributed by atoms with E-state index in [1.165, 1.54) is 24.3 Å². The second kappa shape index (κ2) is 7.11. The summed E-state index contributed by atoms with van der Waals surface area (Å²) in [4.78, 5) is 23.0. The van der Waals surface area contributed by atoms with Crippen molar-refractivity contribution in [3.05, 3.63) is 58.9 Å². The third-order valence-electron chi connectivity index (χ3n) is 3.01. The maximum Gasteiger partial charge on any atom is 0.265 e. The summed E-state index contributed by atoms with van der Waals surface area (Å²) in [6, 6.07) is 9.95. The highest BCUT2D eigenvalue weighted by molar-refractivity contribution is 6.30. The molecule has 2 aromatic carbocycles. The van der Waals surface area contributed by atoms with Gasteiger partial charge in [0.2, 0.25) is 5.91 Å². The highest BCUT2D eigenvalue weighted by atomic mass is 35.5. The Labute approximate surface area is 137 Å². The van der Waals surface area contributed by atoms with Crippen LogP contribution in [0, 0.1) is 5.82 Å². The molecule has 0 fully saturated rings. The topological polar surface area (TPSA) is 81.4 Å². The number of rotatable bonds is 5. The maximum absolute atomic E-state index is 13.1. The van der Waals surface area contributed by atoms with E-state index in [1.807, 2.05) is 0 Å². The zero-order valence-corrected chi connectivity index (χ0v) is 12.9. The molecule has 0 bridgehead atoms. The van der Waals surface area contributed by atoms with Crippen LogP contribution in [0.5, 0.6) is 5.75 Å². The van der Waals surface area contributed by atoms with Gasteiger partial charge in [0.25, 0.3) is 5.91 Å². The van der Waals surface area contributed by atoms with E-state index in [0.717, 1.165) is 6.07 Å². The second-order valence-corrected chi connectivity index (χ2v) is 5.17. The van der Waals surface area contributed by atoms with Gasteiger partial charge in [0.15, 0.2) is 6.10 Å². The van der Waals surface area contributed by atoms with Crippen LogP contribution in [-0.2, 0) is 4.79 Å². The molecule has 1 atom stereocenters. The summed E-state index contributed by atoms with van der Waals surface area (Å²) in [7, 11) is 0. The van der Waals surface area contributed by atoms with Crippen LogP contribution in [0.2, 0.25) is 5.02 Å². The van der Waals surface area contributed by atoms with Crippen molar-refractivity contribution in [3.63, 3.8) is 0 Å². The standard InChI is InChI=1S/C16H14ClFN2O3/c1-9(23-12-6-7-14(18)13(17)8-12)16(22)20-11-4-2-10(3-5-11)15(19)21/h2-9H,1H3,(H2,19,21)(H,20,22). The molecule has 0 aromatic heterocycles. The molecule has 2 rings (SSSR count). The number of nitrogens with two attached hydrogens (primary N) is 1. The Balaban J connectivity index is 1.99. The van der Waals surface area contributed by atoms with E-state index >= 15 is 0 Å². The Kier molecular flexibility index (Phi) is 5.18. The Bertz CT molecular complexity index is 735. The zero-order valence-electron chi connectivity index (χ0n) is 12.2. The number of primary amides is 1. The van der Waals surface area contributed by atoms with Gasteiger partial charge >= 0.3 is 0 Å². The van der Waals surface area contributed by atoms with Crippen LogP contribution in [0.3, 0.4) is 0 Å². The van der Waals surface area contributed by atoms with Crippen LogP contribution in [0.4, 0.5) is 10.1 Å². The van der Waals surface area contributed by atoms with Gasteiger partial charge in [0, 0.05) is 17.3 Å². The largest absolute Gasteiger partial charge is 0.481 e. The van der Waals surface area contributed by atoms with Crippen molar-refractivity contribution in [1.29, 1.82) is 0 Å². The smallest absolute Gasteiger partial charge is 0.265 e. The highest BCUT2D eigenvalue weighted by Crippen LogP contribution is 2.22. The fourth-order valence-corrected chi connectivity index (χ4v) is 1.94. The number of amides is 2. The molecule has 2 amide bonds. The van der Waals surface area contributed by atoms with Gasteiger partial charge in [-0.3, -0.25) is 9.59 Å². The van der Waals surface area contributed by atoms with E-state index in [1.54, 1.807) is 19.1 Å². The SMILES string of the molecule is CC(Oc1ccc(F)c(Cl)c1)C(=O)Nc1ccc(C(N)=O)cc1. The number of hydrogen-bond donors (Lipinski definition) is 2. The number of halogens is 2. The first kappa shape index (κ1) is 16.8. The Hall–Kier alpha value is -2.60. The molecule has 1 unspecified atom stereocenters. The van der Waals surface area contributed by atoms with Gasteiger partial charge in [-0.1, -0.05) is 11.6 Å². The molecule has 3 N–H and O–H groups in total. The van der Waals surface area contributed by atoms with Gasteiger partial charge in [-0.15, -0.1) is 0 Å². The minimum Gasteiger partial charge on any atom is -0.481 e. The third-order valence-corrected chi connectivity index (χ3v) is 3.30. The van der Waals surface area contributed by atoms with Gasteiger partial charge in [0.1, 0.15) is 11.6 Å². The molecule has 7 heteroatoms. The summed E-state index contributed by atoms with van der Waals surface area (Å²) in [5.74, 6) is -1.24. The highest BCUT2D eigenvalue weighted by Gasteiger charge is 2.15. The molecule has 0 heterocycles. The summed E-state index contributed by atoms with van der Waals surface area (Å²) in [6.07, 6.45) is -0.827. The number of hydrogen-bond acceptors (Lipinski definition) is 3. The van der Waals surface area contributed by atoms with Crippen molar-refractivity contribution >= 4 is 29.1 Å². The molecule has 5 nitrogen and oxygen atoms in total. The van der Waals surface area contributed by atoms with Gasteiger partial charge in [0.05, 0.1) is 5.02 Å². The Morgan fingerprint density at radius 2 is 1.87 bits per heavy atom. The molecule has 0 aliphatic heterocycles. The van der Waals surface area contributed by atoms with Gasteiger partial charge in [-0.25, -0.2) is 4.39 Å². The van der Waals surface area contributed by atoms with Gasteiger partial charge < -0.3 is 15.8 Å². The Morgan fingerprint density at radius 3 is 2.43 bits per heavy atom. The lowest BCUT2D eigenvalue weighted by Gasteiger charge is -2.15. The second-order valence-electron chi connectivity index (χ2n) is 4.77. The lowest BCUT2D eigenvalue weighted by Crippen LogP contribution is -2.30. The molecule has 2 aromatic rings. The minimum atomic E-state index is -0.827. The maximum atomic E-state index is 13.1. The molecule has 120 valence electrons. The summed E-state index contributed by atoms with van der Waals surface area (Å²) < 4.78 is 18.5. The molecule has 0 radical (unpaired) electrons. The van der Waals surface area contributed by atoms with Gasteiger partial charge in [-0.05, 0) is 43.3 Å². The summed E-state index contributed by atoms with van der Waals surface area (Å²) >= 11 is 5.65. The van der Waals surface area contributed by atoms with Crippen molar-refractivity contribution in [1.82, 2.24) is 0 Å². The monoisotopic (exact) mass is 336 g/mol. The molecule has 0 saturated heterocycles. The van der Waals surface area contributed by atoms with Crippen LogP contribution in [0.25, 0.3) is 0 Å². The van der Waals surface area contributed by atoms with Crippen molar-refractivity contribution in [2.45, 2.75) is 13.0 Å². The molecule has 0 aliphatic rings. The van der Waals surface area contributed by atoms with Crippen molar-refractivity contribution in [2.75, 3.05) is 5.32 Å². The van der Waals surface area contributed by atoms with Gasteiger partial charge in [-0.2, -0.15) is 0 Å². The zero-order chi connectivity index (χ0) is 17.0. The van der Waals surface area contributed by atoms with E-state index < -0.39 is 23.7 Å². The quantitative estimate of drug-likeness (QED) is 0.880. The molecular formula is C16H14ClFN2O3. The molecule has 0 spiro atoms. The number of benzene rings is 2. The first-order valence-electron chi connectivity index (χ1n) is 6.69. The predicted molar refractivity (Wildman–Crippen MR) is 85.1 cm³/mol. The first-order chi connectivity index (χ1) is 10.9. The van der Waals surface area contributed by atoms with E-state index in [9.17, 15) is 14.0 Å². The fraction of sp³-hybridized carbons (Fsp3) is 0.125. The minimum absolute atomic E-state index is 0.0860. The first-order valence-corrected chi connectivity index (χ1v) is 7.07. The van der Waals surface area contributed by atoms with Crippen LogP contribution in [0.1, 0.15) is 17.3 Å². The molecule has 23 heavy (non-hydrogen) atoms. The lowest BCUT2D eigenvalue weighted by molar-refractivity contribution is -0.122. The fourth-order valence-electron chi connectivity index (χ4n) is 1.77. The lowest BCUT2D eigenvalue weighted by atomic mass is 10.2.